The van der Waals surface area contributed by atoms with Gasteiger partial charge in [0.05, 0.1) is 3.79 Å². The quantitative estimate of drug-likeness (QED) is 0.857. The third-order valence-electron chi connectivity index (χ3n) is 1.98. The lowest BCUT2D eigenvalue weighted by Gasteiger charge is -2.11. The minimum absolute atomic E-state index is 0. The molecular formula is C9H12BrClF3NS. The maximum atomic E-state index is 12.0. The molecule has 0 unspecified atom stereocenters. The Hall–Kier alpha value is 0.220. The molecule has 1 atom stereocenters. The number of nitrogens with two attached hydrogens (primary N) is 1. The molecule has 0 aromatic carbocycles. The van der Waals surface area contributed by atoms with Gasteiger partial charge in [-0.25, -0.2) is 0 Å². The van der Waals surface area contributed by atoms with Crippen LogP contribution >= 0.6 is 39.7 Å². The topological polar surface area (TPSA) is 26.0 Å². The van der Waals surface area contributed by atoms with Crippen molar-refractivity contribution in [3.63, 3.8) is 0 Å². The lowest BCUT2D eigenvalue weighted by Crippen LogP contribution is -2.14. The number of alkyl halides is 3. The number of aryl methyl sites for hydroxylation is 1. The third kappa shape index (κ3) is 5.03. The molecule has 0 radical (unpaired) electrons. The largest absolute Gasteiger partial charge is 0.389 e. The Bertz CT molecular complexity index is 320. The van der Waals surface area contributed by atoms with Crippen LogP contribution in [0.1, 0.15) is 29.3 Å². The summed E-state index contributed by atoms with van der Waals surface area (Å²) >= 11 is 4.71. The van der Waals surface area contributed by atoms with Crippen LogP contribution in [0.15, 0.2) is 9.85 Å². The molecule has 16 heavy (non-hydrogen) atoms. The van der Waals surface area contributed by atoms with Crippen LogP contribution in [0.5, 0.6) is 0 Å². The summed E-state index contributed by atoms with van der Waals surface area (Å²) in [4.78, 5) is 0.795. The molecule has 0 aliphatic carbocycles. The number of hydrogen-bond acceptors (Lipinski definition) is 2. The zero-order valence-corrected chi connectivity index (χ0v) is 11.7. The average molecular weight is 339 g/mol. The Morgan fingerprint density at radius 2 is 2.06 bits per heavy atom. The summed E-state index contributed by atoms with van der Waals surface area (Å²) in [5, 5.41) is 0. The van der Waals surface area contributed by atoms with Crippen LogP contribution in [0.2, 0.25) is 0 Å². The van der Waals surface area contributed by atoms with Gasteiger partial charge in [0, 0.05) is 17.3 Å². The lowest BCUT2D eigenvalue weighted by atomic mass is 10.1. The molecule has 0 aliphatic heterocycles. The molecule has 0 amide bonds. The second-order valence-corrected chi connectivity index (χ2v) is 5.77. The summed E-state index contributed by atoms with van der Waals surface area (Å²) in [5.74, 6) is 0. The number of thiophene rings is 1. The zero-order valence-electron chi connectivity index (χ0n) is 8.47. The summed E-state index contributed by atoms with van der Waals surface area (Å²) in [6, 6.07) is 1.30. The molecule has 0 aliphatic rings. The first kappa shape index (κ1) is 16.2. The first-order chi connectivity index (χ1) is 6.79. The number of hydrogen-bond donors (Lipinski definition) is 1. The molecule has 1 rings (SSSR count). The lowest BCUT2D eigenvalue weighted by molar-refractivity contribution is -0.136. The van der Waals surface area contributed by atoms with Gasteiger partial charge in [0.1, 0.15) is 0 Å². The van der Waals surface area contributed by atoms with Crippen LogP contribution in [0.25, 0.3) is 0 Å². The van der Waals surface area contributed by atoms with Gasteiger partial charge in [-0.15, -0.1) is 23.7 Å². The van der Waals surface area contributed by atoms with Crippen molar-refractivity contribution in [3.8, 4) is 0 Å². The van der Waals surface area contributed by atoms with E-state index in [9.17, 15) is 13.2 Å². The van der Waals surface area contributed by atoms with Gasteiger partial charge in [-0.05, 0) is 40.9 Å². The normalized spacial score (nSPS) is 13.4. The van der Waals surface area contributed by atoms with Crippen molar-refractivity contribution in [3.05, 3.63) is 20.3 Å². The predicted molar refractivity (Wildman–Crippen MR) is 66.2 cm³/mol. The van der Waals surface area contributed by atoms with Crippen molar-refractivity contribution >= 4 is 39.7 Å². The van der Waals surface area contributed by atoms with Gasteiger partial charge in [-0.3, -0.25) is 0 Å². The zero-order chi connectivity index (χ0) is 11.6. The van der Waals surface area contributed by atoms with Crippen LogP contribution in [0.3, 0.4) is 0 Å². The first-order valence-corrected chi connectivity index (χ1v) is 5.98. The maximum absolute atomic E-state index is 12.0. The summed E-state index contributed by atoms with van der Waals surface area (Å²) in [6.07, 6.45) is -5.01. The Morgan fingerprint density at radius 3 is 2.44 bits per heavy atom. The standard InChI is InChI=1S/C9H11BrF3NS.ClH/c1-5-4-7(15-8(5)10)6(14)2-3-9(11,12)13;/h4,6H,2-3,14H2,1H3;1H/t6-;/m1./s1. The van der Waals surface area contributed by atoms with Crippen molar-refractivity contribution in [2.45, 2.75) is 32.0 Å². The van der Waals surface area contributed by atoms with E-state index in [1.54, 1.807) is 0 Å². The van der Waals surface area contributed by atoms with Crippen molar-refractivity contribution < 1.29 is 13.2 Å². The maximum Gasteiger partial charge on any atom is 0.389 e. The van der Waals surface area contributed by atoms with E-state index in [2.05, 4.69) is 15.9 Å². The van der Waals surface area contributed by atoms with Crippen LogP contribution in [0.4, 0.5) is 13.2 Å². The minimum atomic E-state index is -4.12. The van der Waals surface area contributed by atoms with Crippen molar-refractivity contribution in [1.82, 2.24) is 0 Å². The van der Waals surface area contributed by atoms with E-state index in [4.69, 9.17) is 5.73 Å². The highest BCUT2D eigenvalue weighted by atomic mass is 79.9. The molecule has 1 nitrogen and oxygen atoms in total. The highest BCUT2D eigenvalue weighted by Crippen LogP contribution is 2.33. The number of halogens is 5. The van der Waals surface area contributed by atoms with Gasteiger partial charge in [-0.2, -0.15) is 13.2 Å². The molecule has 94 valence electrons. The van der Waals surface area contributed by atoms with Crippen molar-refractivity contribution in [1.29, 1.82) is 0 Å². The Labute approximate surface area is 111 Å². The molecule has 1 aromatic rings. The summed E-state index contributed by atoms with van der Waals surface area (Å²) in [6.45, 7) is 1.89. The number of rotatable bonds is 3. The van der Waals surface area contributed by atoms with E-state index in [1.807, 2.05) is 13.0 Å². The average Bonchev–Trinajstić information content (AvgIpc) is 2.42. The Balaban J connectivity index is 0.00000225. The van der Waals surface area contributed by atoms with E-state index in [0.29, 0.717) is 0 Å². The molecule has 1 aromatic heterocycles. The van der Waals surface area contributed by atoms with E-state index in [0.717, 1.165) is 14.2 Å². The van der Waals surface area contributed by atoms with Crippen LogP contribution in [0, 0.1) is 6.92 Å². The third-order valence-corrected chi connectivity index (χ3v) is 4.25. The van der Waals surface area contributed by atoms with Crippen molar-refractivity contribution in [2.75, 3.05) is 0 Å². The Morgan fingerprint density at radius 1 is 1.50 bits per heavy atom. The van der Waals surface area contributed by atoms with Gasteiger partial charge in [0.15, 0.2) is 0 Å². The van der Waals surface area contributed by atoms with E-state index < -0.39 is 18.6 Å². The second kappa shape index (κ2) is 6.23. The van der Waals surface area contributed by atoms with E-state index in [-0.39, 0.29) is 18.8 Å². The van der Waals surface area contributed by atoms with Crippen LogP contribution < -0.4 is 5.73 Å². The SMILES string of the molecule is Cc1cc([C@H](N)CCC(F)(F)F)sc1Br.Cl. The monoisotopic (exact) mass is 337 g/mol. The first-order valence-electron chi connectivity index (χ1n) is 4.38. The summed E-state index contributed by atoms with van der Waals surface area (Å²) in [5.41, 5.74) is 6.69. The molecular weight excluding hydrogens is 327 g/mol. The van der Waals surface area contributed by atoms with Crippen LogP contribution in [-0.2, 0) is 0 Å². The smallest absolute Gasteiger partial charge is 0.323 e. The summed E-state index contributed by atoms with van der Waals surface area (Å²) < 4.78 is 36.8. The Kier molecular flexibility index (Phi) is 6.32. The molecule has 2 N–H and O–H groups in total. The fourth-order valence-corrected chi connectivity index (χ4v) is 2.73. The fraction of sp³-hybridized carbons (Fsp3) is 0.556. The van der Waals surface area contributed by atoms with Gasteiger partial charge in [0.25, 0.3) is 0 Å². The van der Waals surface area contributed by atoms with E-state index in [1.165, 1.54) is 11.3 Å². The van der Waals surface area contributed by atoms with Crippen molar-refractivity contribution in [2.24, 2.45) is 5.73 Å². The molecule has 1 heterocycles. The molecule has 0 fully saturated rings. The van der Waals surface area contributed by atoms with Gasteiger partial charge < -0.3 is 5.73 Å². The van der Waals surface area contributed by atoms with Crippen LogP contribution in [-0.4, -0.2) is 6.18 Å². The predicted octanol–water partition coefficient (Wildman–Crippen LogP) is 4.58. The summed E-state index contributed by atoms with van der Waals surface area (Å²) in [7, 11) is 0. The highest BCUT2D eigenvalue weighted by Gasteiger charge is 2.28. The second-order valence-electron chi connectivity index (χ2n) is 3.37. The van der Waals surface area contributed by atoms with Gasteiger partial charge in [0.2, 0.25) is 0 Å². The van der Waals surface area contributed by atoms with Gasteiger partial charge in [-0.1, -0.05) is 0 Å². The molecule has 0 bridgehead atoms. The minimum Gasteiger partial charge on any atom is -0.323 e. The van der Waals surface area contributed by atoms with Gasteiger partial charge >= 0.3 is 6.18 Å². The molecule has 0 saturated carbocycles. The molecule has 0 spiro atoms. The molecule has 0 saturated heterocycles. The van der Waals surface area contributed by atoms with E-state index >= 15 is 0 Å². The molecule has 7 heteroatoms. The highest BCUT2D eigenvalue weighted by molar-refractivity contribution is 9.11. The fourth-order valence-electron chi connectivity index (χ4n) is 1.13.